The van der Waals surface area contributed by atoms with E-state index >= 15 is 0 Å². The number of aromatic nitrogens is 1. The third kappa shape index (κ3) is 2.58. The Morgan fingerprint density at radius 1 is 1.35 bits per heavy atom. The van der Waals surface area contributed by atoms with Crippen LogP contribution in [0.25, 0.3) is 10.2 Å². The molecule has 0 radical (unpaired) electrons. The van der Waals surface area contributed by atoms with Crippen LogP contribution < -0.4 is 4.72 Å². The summed E-state index contributed by atoms with van der Waals surface area (Å²) in [5.74, 6) is 0. The lowest BCUT2D eigenvalue weighted by atomic mass is 10.3. The van der Waals surface area contributed by atoms with E-state index in [1.807, 2.05) is 19.1 Å². The summed E-state index contributed by atoms with van der Waals surface area (Å²) in [6.07, 6.45) is 0. The predicted octanol–water partition coefficient (Wildman–Crippen LogP) is 2.75. The van der Waals surface area contributed by atoms with Gasteiger partial charge in [-0.15, -0.1) is 11.3 Å². The van der Waals surface area contributed by atoms with Crippen LogP contribution in [0, 0.1) is 6.92 Å². The van der Waals surface area contributed by atoms with Crippen molar-refractivity contribution >= 4 is 37.3 Å². The Balaban J connectivity index is 2.37. The largest absolute Gasteiger partial charge is 0.283 e. The van der Waals surface area contributed by atoms with Crippen LogP contribution in [0.3, 0.4) is 0 Å². The Morgan fingerprint density at radius 2 is 2.06 bits per heavy atom. The molecule has 2 aromatic rings. The number of anilines is 1. The summed E-state index contributed by atoms with van der Waals surface area (Å²) in [6, 6.07) is 5.39. The van der Waals surface area contributed by atoms with Crippen molar-refractivity contribution in [3.05, 3.63) is 23.2 Å². The molecule has 1 aromatic heterocycles. The molecule has 2 rings (SSSR count). The first-order chi connectivity index (χ1) is 7.88. The van der Waals surface area contributed by atoms with Gasteiger partial charge in [-0.3, -0.25) is 4.72 Å². The van der Waals surface area contributed by atoms with Gasteiger partial charge in [0.1, 0.15) is 0 Å². The Bertz CT molecular complexity index is 645. The fourth-order valence-corrected chi connectivity index (χ4v) is 2.94. The molecule has 0 spiro atoms. The molecule has 17 heavy (non-hydrogen) atoms. The van der Waals surface area contributed by atoms with E-state index in [9.17, 15) is 8.42 Å². The molecular formula is C11H14N2O2S2. The van der Waals surface area contributed by atoms with Gasteiger partial charge in [0.15, 0.2) is 0 Å². The predicted molar refractivity (Wildman–Crippen MR) is 72.0 cm³/mol. The lowest BCUT2D eigenvalue weighted by molar-refractivity contribution is 0.593. The van der Waals surface area contributed by atoms with Gasteiger partial charge in [-0.2, -0.15) is 0 Å². The van der Waals surface area contributed by atoms with Crippen molar-refractivity contribution in [2.24, 2.45) is 0 Å². The van der Waals surface area contributed by atoms with Gasteiger partial charge in [-0.25, -0.2) is 13.4 Å². The first-order valence-electron chi connectivity index (χ1n) is 5.27. The van der Waals surface area contributed by atoms with E-state index in [1.165, 1.54) is 0 Å². The van der Waals surface area contributed by atoms with E-state index in [1.54, 1.807) is 31.3 Å². The van der Waals surface area contributed by atoms with Crippen LogP contribution in [-0.2, 0) is 10.0 Å². The number of rotatable bonds is 3. The van der Waals surface area contributed by atoms with Gasteiger partial charge in [0, 0.05) is 0 Å². The standard InChI is InChI=1S/C11H14N2O2S2/c1-7(2)17(14,15)13-9-4-5-10-11(6-9)16-8(3)12-10/h4-7,13H,1-3H3. The van der Waals surface area contributed by atoms with Crippen molar-refractivity contribution in [3.8, 4) is 0 Å². The van der Waals surface area contributed by atoms with Crippen LogP contribution in [0.5, 0.6) is 0 Å². The van der Waals surface area contributed by atoms with E-state index in [0.717, 1.165) is 15.2 Å². The SMILES string of the molecule is Cc1nc2ccc(NS(=O)(=O)C(C)C)cc2s1. The maximum absolute atomic E-state index is 11.7. The lowest BCUT2D eigenvalue weighted by Crippen LogP contribution is -2.22. The zero-order chi connectivity index (χ0) is 12.6. The van der Waals surface area contributed by atoms with E-state index in [-0.39, 0.29) is 0 Å². The summed E-state index contributed by atoms with van der Waals surface area (Å²) >= 11 is 1.55. The quantitative estimate of drug-likeness (QED) is 0.933. The molecule has 0 atom stereocenters. The molecule has 92 valence electrons. The number of hydrogen-bond donors (Lipinski definition) is 1. The summed E-state index contributed by atoms with van der Waals surface area (Å²) in [5.41, 5.74) is 1.50. The van der Waals surface area contributed by atoms with E-state index < -0.39 is 15.3 Å². The van der Waals surface area contributed by atoms with Crippen LogP contribution in [0.15, 0.2) is 18.2 Å². The van der Waals surface area contributed by atoms with Gasteiger partial charge in [0.05, 0.1) is 26.2 Å². The number of thiazole rings is 1. The Kier molecular flexibility index (Phi) is 3.09. The van der Waals surface area contributed by atoms with Crippen LogP contribution in [-0.4, -0.2) is 18.7 Å². The highest BCUT2D eigenvalue weighted by Gasteiger charge is 2.15. The average Bonchev–Trinajstić information content (AvgIpc) is 2.56. The number of aryl methyl sites for hydroxylation is 1. The average molecular weight is 270 g/mol. The molecular weight excluding hydrogens is 256 g/mol. The summed E-state index contributed by atoms with van der Waals surface area (Å²) in [5, 5.41) is 0.533. The van der Waals surface area contributed by atoms with E-state index in [0.29, 0.717) is 5.69 Å². The molecule has 1 heterocycles. The highest BCUT2D eigenvalue weighted by Crippen LogP contribution is 2.25. The molecule has 0 unspecified atom stereocenters. The molecule has 4 nitrogen and oxygen atoms in total. The van der Waals surface area contributed by atoms with E-state index in [2.05, 4.69) is 9.71 Å². The number of nitrogens with zero attached hydrogens (tertiary/aromatic N) is 1. The number of benzene rings is 1. The van der Waals surface area contributed by atoms with Crippen LogP contribution in [0.1, 0.15) is 18.9 Å². The molecule has 0 amide bonds. The van der Waals surface area contributed by atoms with E-state index in [4.69, 9.17) is 0 Å². The van der Waals surface area contributed by atoms with Crippen molar-refractivity contribution in [3.63, 3.8) is 0 Å². The summed E-state index contributed by atoms with van der Waals surface area (Å²) < 4.78 is 27.0. The van der Waals surface area contributed by atoms with Crippen LogP contribution >= 0.6 is 11.3 Å². The van der Waals surface area contributed by atoms with Crippen molar-refractivity contribution in [2.75, 3.05) is 4.72 Å². The minimum Gasteiger partial charge on any atom is -0.283 e. The summed E-state index contributed by atoms with van der Waals surface area (Å²) in [7, 11) is -3.28. The molecule has 0 aliphatic carbocycles. The first kappa shape index (κ1) is 12.3. The van der Waals surface area contributed by atoms with Gasteiger partial charge in [-0.1, -0.05) is 0 Å². The van der Waals surface area contributed by atoms with Gasteiger partial charge in [-0.05, 0) is 39.0 Å². The van der Waals surface area contributed by atoms with Gasteiger partial charge in [0.25, 0.3) is 0 Å². The Labute approximate surface area is 105 Å². The van der Waals surface area contributed by atoms with Crippen molar-refractivity contribution in [1.82, 2.24) is 4.98 Å². The third-order valence-electron chi connectivity index (χ3n) is 2.38. The molecule has 0 aliphatic heterocycles. The van der Waals surface area contributed by atoms with Crippen molar-refractivity contribution in [2.45, 2.75) is 26.0 Å². The fourth-order valence-electron chi connectivity index (χ4n) is 1.39. The molecule has 1 N–H and O–H groups in total. The molecule has 0 bridgehead atoms. The highest BCUT2D eigenvalue weighted by molar-refractivity contribution is 7.93. The van der Waals surface area contributed by atoms with Gasteiger partial charge < -0.3 is 0 Å². The smallest absolute Gasteiger partial charge is 0.235 e. The number of sulfonamides is 1. The number of fused-ring (bicyclic) bond motifs is 1. The highest BCUT2D eigenvalue weighted by atomic mass is 32.2. The fraction of sp³-hybridized carbons (Fsp3) is 0.364. The van der Waals surface area contributed by atoms with Crippen molar-refractivity contribution in [1.29, 1.82) is 0 Å². The zero-order valence-electron chi connectivity index (χ0n) is 9.89. The molecule has 0 saturated carbocycles. The second-order valence-electron chi connectivity index (χ2n) is 4.11. The third-order valence-corrected chi connectivity index (χ3v) is 5.07. The maximum Gasteiger partial charge on any atom is 0.235 e. The van der Waals surface area contributed by atoms with Crippen LogP contribution in [0.4, 0.5) is 5.69 Å². The Morgan fingerprint density at radius 3 is 2.71 bits per heavy atom. The number of hydrogen-bond acceptors (Lipinski definition) is 4. The number of nitrogens with one attached hydrogen (secondary N) is 1. The second kappa shape index (κ2) is 4.27. The monoisotopic (exact) mass is 270 g/mol. The molecule has 0 saturated heterocycles. The first-order valence-corrected chi connectivity index (χ1v) is 7.63. The second-order valence-corrected chi connectivity index (χ2v) is 7.58. The maximum atomic E-state index is 11.7. The molecule has 0 fully saturated rings. The van der Waals surface area contributed by atoms with Crippen LogP contribution in [0.2, 0.25) is 0 Å². The lowest BCUT2D eigenvalue weighted by Gasteiger charge is -2.10. The van der Waals surface area contributed by atoms with Gasteiger partial charge >= 0.3 is 0 Å². The summed E-state index contributed by atoms with van der Waals surface area (Å²) in [4.78, 5) is 4.33. The molecule has 0 aliphatic rings. The summed E-state index contributed by atoms with van der Waals surface area (Å²) in [6.45, 7) is 5.23. The minimum atomic E-state index is -3.28. The molecule has 6 heteroatoms. The normalized spacial score (nSPS) is 12.2. The van der Waals surface area contributed by atoms with Gasteiger partial charge in [0.2, 0.25) is 10.0 Å². The minimum absolute atomic E-state index is 0.443. The topological polar surface area (TPSA) is 59.1 Å². The zero-order valence-corrected chi connectivity index (χ0v) is 11.5. The molecule has 1 aromatic carbocycles. The Hall–Kier alpha value is -1.14. The van der Waals surface area contributed by atoms with Crippen molar-refractivity contribution < 1.29 is 8.42 Å².